The molecule has 4 N–H and O–H groups in total. The minimum atomic E-state index is 0. The average molecular weight is 421 g/mol. The molecule has 0 atom stereocenters. The summed E-state index contributed by atoms with van der Waals surface area (Å²) in [4.78, 5) is 8.75. The van der Waals surface area contributed by atoms with Gasteiger partial charge in [-0.1, -0.05) is 0 Å². The molecule has 30 heavy (non-hydrogen) atoms. The molecule has 7 nitrogen and oxygen atoms in total. The zero-order chi connectivity index (χ0) is 19.9. The summed E-state index contributed by atoms with van der Waals surface area (Å²) in [7, 11) is 0. The van der Waals surface area contributed by atoms with Crippen molar-refractivity contribution in [2.24, 2.45) is 0 Å². The molecule has 0 saturated carbocycles. The van der Waals surface area contributed by atoms with Crippen LogP contribution in [0.25, 0.3) is 6.08 Å². The summed E-state index contributed by atoms with van der Waals surface area (Å²) in [5, 5.41) is 24.0. The van der Waals surface area contributed by atoms with Crippen LogP contribution in [0, 0.1) is 36.5 Å². The molecule has 0 aliphatic carbocycles. The Morgan fingerprint density at radius 3 is 2.23 bits per heavy atom. The van der Waals surface area contributed by atoms with Gasteiger partial charge in [-0.25, -0.2) is 4.98 Å². The molecule has 3 aromatic rings. The molecular formula is C22H21ClN6O. The largest absolute Gasteiger partial charge is 0.412 e. The summed E-state index contributed by atoms with van der Waals surface area (Å²) in [5.41, 5.74) is 5.46. The fourth-order valence-corrected chi connectivity index (χ4v) is 2.80. The standard InChI is InChI=1S/C22H18N6.ClH.H2O/c1-15-12-18(4-3-10-23)13-16(2)21(15)27-20-9-11-25-22(28-20)26-19-7-5-17(14-24)6-8-19;;/h3-9,11-13H,1-2H3,(H2,25,26,27,28);1H;1H2/b4-3+;;. The Hall–Kier alpha value is -3.91. The van der Waals surface area contributed by atoms with Crippen molar-refractivity contribution in [3.8, 4) is 12.1 Å². The van der Waals surface area contributed by atoms with Gasteiger partial charge in [0.1, 0.15) is 5.82 Å². The number of hydrogen-bond acceptors (Lipinski definition) is 6. The Morgan fingerprint density at radius 1 is 0.967 bits per heavy atom. The Balaban J connectivity index is 0.00000225. The second kappa shape index (κ2) is 11.2. The first-order valence-electron chi connectivity index (χ1n) is 8.63. The molecule has 1 aromatic heterocycles. The summed E-state index contributed by atoms with van der Waals surface area (Å²) in [6.45, 7) is 4.02. The number of halogens is 1. The summed E-state index contributed by atoms with van der Waals surface area (Å²) in [6, 6.07) is 17.0. The van der Waals surface area contributed by atoms with E-state index >= 15 is 0 Å². The highest BCUT2D eigenvalue weighted by Crippen LogP contribution is 2.26. The van der Waals surface area contributed by atoms with Crippen LogP contribution in [-0.2, 0) is 0 Å². The molecular weight excluding hydrogens is 400 g/mol. The predicted molar refractivity (Wildman–Crippen MR) is 121 cm³/mol. The summed E-state index contributed by atoms with van der Waals surface area (Å²) in [5.74, 6) is 1.12. The van der Waals surface area contributed by atoms with Gasteiger partial charge in [-0.2, -0.15) is 15.5 Å². The number of aromatic nitrogens is 2. The second-order valence-electron chi connectivity index (χ2n) is 6.20. The molecule has 0 aliphatic rings. The molecule has 0 radical (unpaired) electrons. The van der Waals surface area contributed by atoms with Crippen LogP contribution in [0.2, 0.25) is 0 Å². The lowest BCUT2D eigenvalue weighted by Crippen LogP contribution is -2.02. The third kappa shape index (κ3) is 6.05. The lowest BCUT2D eigenvalue weighted by molar-refractivity contribution is 0.824. The Labute approximate surface area is 181 Å². The maximum absolute atomic E-state index is 8.88. The van der Waals surface area contributed by atoms with E-state index < -0.39 is 0 Å². The van der Waals surface area contributed by atoms with Crippen molar-refractivity contribution in [2.45, 2.75) is 13.8 Å². The first kappa shape index (κ1) is 24.1. The molecule has 0 amide bonds. The van der Waals surface area contributed by atoms with Gasteiger partial charge >= 0.3 is 0 Å². The van der Waals surface area contributed by atoms with Crippen molar-refractivity contribution in [1.82, 2.24) is 9.97 Å². The molecule has 0 unspecified atom stereocenters. The highest BCUT2D eigenvalue weighted by molar-refractivity contribution is 5.85. The van der Waals surface area contributed by atoms with E-state index in [1.54, 1.807) is 30.5 Å². The van der Waals surface area contributed by atoms with Gasteiger partial charge in [-0.05, 0) is 79.1 Å². The maximum atomic E-state index is 8.88. The molecule has 1 heterocycles. The molecule has 0 saturated heterocycles. The third-order valence-electron chi connectivity index (χ3n) is 4.08. The molecule has 0 bridgehead atoms. The van der Waals surface area contributed by atoms with Crippen molar-refractivity contribution >= 4 is 41.6 Å². The monoisotopic (exact) mass is 420 g/mol. The van der Waals surface area contributed by atoms with Crippen molar-refractivity contribution in [3.05, 3.63) is 77.0 Å². The van der Waals surface area contributed by atoms with Crippen LogP contribution in [0.1, 0.15) is 22.3 Å². The maximum Gasteiger partial charge on any atom is 0.229 e. The SMILES string of the molecule is Cc1cc(/C=C/C#N)cc(C)c1Nc1ccnc(Nc2ccc(C#N)cc2)n1.Cl.O. The highest BCUT2D eigenvalue weighted by Gasteiger charge is 2.07. The van der Waals surface area contributed by atoms with Gasteiger partial charge < -0.3 is 16.1 Å². The fourth-order valence-electron chi connectivity index (χ4n) is 2.80. The molecule has 3 rings (SSSR count). The molecule has 0 fully saturated rings. The topological polar surface area (TPSA) is 129 Å². The molecule has 8 heteroatoms. The van der Waals surface area contributed by atoms with E-state index in [0.29, 0.717) is 17.3 Å². The number of allylic oxidation sites excluding steroid dienone is 1. The number of aryl methyl sites for hydroxylation is 2. The van der Waals surface area contributed by atoms with E-state index in [9.17, 15) is 0 Å². The van der Waals surface area contributed by atoms with Gasteiger partial charge in [-0.3, -0.25) is 0 Å². The minimum Gasteiger partial charge on any atom is -0.412 e. The zero-order valence-electron chi connectivity index (χ0n) is 16.5. The third-order valence-corrected chi connectivity index (χ3v) is 4.08. The van der Waals surface area contributed by atoms with Crippen LogP contribution < -0.4 is 10.6 Å². The van der Waals surface area contributed by atoms with Gasteiger partial charge in [0.2, 0.25) is 5.95 Å². The van der Waals surface area contributed by atoms with E-state index in [4.69, 9.17) is 10.5 Å². The van der Waals surface area contributed by atoms with Crippen LogP contribution in [0.4, 0.5) is 23.1 Å². The average Bonchev–Trinajstić information content (AvgIpc) is 2.70. The Morgan fingerprint density at radius 2 is 1.63 bits per heavy atom. The number of benzene rings is 2. The molecule has 0 spiro atoms. The predicted octanol–water partition coefficient (Wildman–Crippen LogP) is 4.59. The number of nitriles is 2. The van der Waals surface area contributed by atoms with Crippen molar-refractivity contribution in [1.29, 1.82) is 10.5 Å². The number of rotatable bonds is 5. The smallest absolute Gasteiger partial charge is 0.229 e. The van der Waals surface area contributed by atoms with E-state index in [0.717, 1.165) is 28.1 Å². The van der Waals surface area contributed by atoms with Crippen LogP contribution >= 0.6 is 12.4 Å². The summed E-state index contributed by atoms with van der Waals surface area (Å²) in [6.07, 6.45) is 4.93. The van der Waals surface area contributed by atoms with Gasteiger partial charge in [0.25, 0.3) is 0 Å². The Bertz CT molecular complexity index is 1090. The lowest BCUT2D eigenvalue weighted by Gasteiger charge is -2.14. The van der Waals surface area contributed by atoms with Crippen LogP contribution in [0.3, 0.4) is 0 Å². The van der Waals surface area contributed by atoms with Crippen molar-refractivity contribution < 1.29 is 5.48 Å². The van der Waals surface area contributed by atoms with E-state index in [-0.39, 0.29) is 17.9 Å². The van der Waals surface area contributed by atoms with Crippen LogP contribution in [-0.4, -0.2) is 15.4 Å². The number of anilines is 4. The van der Waals surface area contributed by atoms with Gasteiger partial charge in [0, 0.05) is 23.6 Å². The molecule has 2 aromatic carbocycles. The quantitative estimate of drug-likeness (QED) is 0.581. The summed E-state index contributed by atoms with van der Waals surface area (Å²) < 4.78 is 0. The highest BCUT2D eigenvalue weighted by atomic mass is 35.5. The first-order chi connectivity index (χ1) is 13.6. The number of hydrogen-bond donors (Lipinski definition) is 2. The van der Waals surface area contributed by atoms with E-state index in [2.05, 4.69) is 26.7 Å². The van der Waals surface area contributed by atoms with Gasteiger partial charge in [0.15, 0.2) is 0 Å². The van der Waals surface area contributed by atoms with E-state index in [1.165, 1.54) is 6.08 Å². The van der Waals surface area contributed by atoms with Gasteiger partial charge in [-0.15, -0.1) is 12.4 Å². The minimum absolute atomic E-state index is 0. The molecule has 152 valence electrons. The van der Waals surface area contributed by atoms with Gasteiger partial charge in [0.05, 0.1) is 17.7 Å². The van der Waals surface area contributed by atoms with E-state index in [1.807, 2.05) is 44.2 Å². The van der Waals surface area contributed by atoms with Crippen molar-refractivity contribution in [2.75, 3.05) is 10.6 Å². The number of nitrogens with zero attached hydrogens (tertiary/aromatic N) is 4. The second-order valence-corrected chi connectivity index (χ2v) is 6.20. The number of nitrogens with one attached hydrogen (secondary N) is 2. The Kier molecular flexibility index (Phi) is 8.99. The fraction of sp³-hybridized carbons (Fsp3) is 0.0909. The molecule has 0 aliphatic heterocycles. The zero-order valence-corrected chi connectivity index (χ0v) is 17.3. The lowest BCUT2D eigenvalue weighted by atomic mass is 10.0. The normalized spacial score (nSPS) is 9.60. The first-order valence-corrected chi connectivity index (χ1v) is 8.63. The summed E-state index contributed by atoms with van der Waals surface area (Å²) >= 11 is 0. The van der Waals surface area contributed by atoms with Crippen LogP contribution in [0.5, 0.6) is 0 Å². The van der Waals surface area contributed by atoms with Crippen molar-refractivity contribution in [3.63, 3.8) is 0 Å². The van der Waals surface area contributed by atoms with Crippen LogP contribution in [0.15, 0.2) is 54.7 Å².